The number of fused-ring (bicyclic) bond motifs is 2. The van der Waals surface area contributed by atoms with Crippen LogP contribution in [0.15, 0.2) is 87.8 Å². The first kappa shape index (κ1) is 31.5. The zero-order valence-corrected chi connectivity index (χ0v) is 27.5. The van der Waals surface area contributed by atoms with Crippen LogP contribution in [0.1, 0.15) is 55.1 Å². The summed E-state index contributed by atoms with van der Waals surface area (Å²) in [6, 6.07) is 18.9. The van der Waals surface area contributed by atoms with Crippen LogP contribution in [0.4, 0.5) is 4.39 Å². The van der Waals surface area contributed by atoms with Crippen molar-refractivity contribution in [3.05, 3.63) is 131 Å². The minimum atomic E-state index is -0.865. The number of halogens is 2. The molecule has 1 aliphatic rings. The Bertz CT molecular complexity index is 2200. The Morgan fingerprint density at radius 1 is 1.11 bits per heavy atom. The molecule has 6 rings (SSSR count). The lowest BCUT2D eigenvalue weighted by molar-refractivity contribution is -0.139. The summed E-state index contributed by atoms with van der Waals surface area (Å²) in [5.74, 6) is -0.329. The van der Waals surface area contributed by atoms with Crippen LogP contribution in [0.2, 0.25) is 5.02 Å². The van der Waals surface area contributed by atoms with E-state index in [-0.39, 0.29) is 18.0 Å². The first-order valence-corrected chi connectivity index (χ1v) is 16.3. The Labute approximate surface area is 274 Å². The SMILES string of the molecule is CCCC1=C(C(=O)OCC)[C@H](c2cc(Cl)ccc2OC)n2c(s/c(=C/c3c(C)n(Cc4ccccc4F)c4ccccc34)c2=O)=N1. The molecule has 10 heteroatoms. The zero-order valence-electron chi connectivity index (χ0n) is 26.0. The van der Waals surface area contributed by atoms with Gasteiger partial charge in [-0.15, -0.1) is 0 Å². The molecule has 3 heterocycles. The minimum absolute atomic E-state index is 0.168. The fourth-order valence-electron chi connectivity index (χ4n) is 6.11. The van der Waals surface area contributed by atoms with E-state index < -0.39 is 12.0 Å². The van der Waals surface area contributed by atoms with Gasteiger partial charge in [-0.2, -0.15) is 0 Å². The van der Waals surface area contributed by atoms with Crippen LogP contribution < -0.4 is 19.6 Å². The van der Waals surface area contributed by atoms with Gasteiger partial charge in [0.2, 0.25) is 0 Å². The molecule has 7 nitrogen and oxygen atoms in total. The number of benzene rings is 3. The van der Waals surface area contributed by atoms with E-state index in [9.17, 15) is 14.0 Å². The van der Waals surface area contributed by atoms with Crippen molar-refractivity contribution in [3.8, 4) is 5.75 Å². The number of rotatable bonds is 9. The molecule has 0 fully saturated rings. The predicted molar refractivity (Wildman–Crippen MR) is 180 cm³/mol. The normalized spacial score (nSPS) is 14.8. The molecule has 236 valence electrons. The summed E-state index contributed by atoms with van der Waals surface area (Å²) in [5.41, 5.74) is 4.36. The van der Waals surface area contributed by atoms with E-state index in [1.54, 1.807) is 41.8 Å². The number of hydrogen-bond donors (Lipinski definition) is 0. The quantitative estimate of drug-likeness (QED) is 0.166. The molecule has 3 aromatic carbocycles. The molecule has 0 amide bonds. The summed E-state index contributed by atoms with van der Waals surface area (Å²) in [6.07, 6.45) is 3.12. The predicted octanol–water partition coefficient (Wildman–Crippen LogP) is 6.69. The second-order valence-electron chi connectivity index (χ2n) is 11.0. The lowest BCUT2D eigenvalue weighted by atomic mass is 9.93. The Hall–Kier alpha value is -4.47. The molecule has 1 atom stereocenters. The van der Waals surface area contributed by atoms with E-state index in [0.29, 0.717) is 55.5 Å². The van der Waals surface area contributed by atoms with Crippen LogP contribution in [-0.4, -0.2) is 28.8 Å². The average molecular weight is 658 g/mol. The second kappa shape index (κ2) is 13.1. The van der Waals surface area contributed by atoms with E-state index in [1.807, 2.05) is 50.3 Å². The van der Waals surface area contributed by atoms with Gasteiger partial charge in [-0.1, -0.05) is 72.7 Å². The highest BCUT2D eigenvalue weighted by Crippen LogP contribution is 2.38. The fourth-order valence-corrected chi connectivity index (χ4v) is 7.29. The molecule has 0 radical (unpaired) electrons. The topological polar surface area (TPSA) is 74.8 Å². The molecule has 0 bridgehead atoms. The largest absolute Gasteiger partial charge is 0.496 e. The molecule has 2 aromatic heterocycles. The number of carbonyl (C=O) groups excluding carboxylic acids is 1. The summed E-state index contributed by atoms with van der Waals surface area (Å²) in [6.45, 7) is 6.23. The van der Waals surface area contributed by atoms with Crippen molar-refractivity contribution < 1.29 is 18.7 Å². The number of aromatic nitrogens is 2. The summed E-state index contributed by atoms with van der Waals surface area (Å²) in [5, 5.41) is 1.38. The number of ether oxygens (including phenoxy) is 2. The van der Waals surface area contributed by atoms with Gasteiger partial charge in [-0.25, -0.2) is 14.2 Å². The summed E-state index contributed by atoms with van der Waals surface area (Å²) < 4.78 is 30.0. The van der Waals surface area contributed by atoms with Crippen LogP contribution in [0.25, 0.3) is 17.0 Å². The van der Waals surface area contributed by atoms with Gasteiger partial charge in [0.15, 0.2) is 4.80 Å². The molecule has 0 saturated carbocycles. The number of thiazole rings is 1. The van der Waals surface area contributed by atoms with Crippen molar-refractivity contribution in [2.45, 2.75) is 46.2 Å². The van der Waals surface area contributed by atoms with Crippen molar-refractivity contribution in [2.75, 3.05) is 13.7 Å². The molecule has 0 N–H and O–H groups in total. The lowest BCUT2D eigenvalue weighted by Gasteiger charge is -2.27. The van der Waals surface area contributed by atoms with Gasteiger partial charge >= 0.3 is 5.97 Å². The number of esters is 1. The highest BCUT2D eigenvalue weighted by atomic mass is 35.5. The Morgan fingerprint density at radius 3 is 2.61 bits per heavy atom. The summed E-state index contributed by atoms with van der Waals surface area (Å²) in [4.78, 5) is 33.4. The van der Waals surface area contributed by atoms with E-state index in [1.165, 1.54) is 24.5 Å². The van der Waals surface area contributed by atoms with Crippen LogP contribution in [0.3, 0.4) is 0 Å². The van der Waals surface area contributed by atoms with Crippen LogP contribution >= 0.6 is 22.9 Å². The zero-order chi connectivity index (χ0) is 32.5. The Balaban J connectivity index is 1.61. The molecular weight excluding hydrogens is 625 g/mol. The monoisotopic (exact) mass is 657 g/mol. The maximum atomic E-state index is 14.7. The average Bonchev–Trinajstić information content (AvgIpc) is 3.50. The van der Waals surface area contributed by atoms with E-state index >= 15 is 0 Å². The highest BCUT2D eigenvalue weighted by molar-refractivity contribution is 7.07. The van der Waals surface area contributed by atoms with E-state index in [4.69, 9.17) is 26.1 Å². The van der Waals surface area contributed by atoms with Crippen LogP contribution in [0, 0.1) is 12.7 Å². The van der Waals surface area contributed by atoms with Crippen molar-refractivity contribution in [3.63, 3.8) is 0 Å². The van der Waals surface area contributed by atoms with E-state index in [2.05, 4.69) is 4.57 Å². The molecule has 5 aromatic rings. The number of carbonyl (C=O) groups is 1. The first-order chi connectivity index (χ1) is 22.3. The molecule has 0 aliphatic carbocycles. The molecule has 0 unspecified atom stereocenters. The van der Waals surface area contributed by atoms with Gasteiger partial charge < -0.3 is 14.0 Å². The van der Waals surface area contributed by atoms with Gasteiger partial charge in [-0.3, -0.25) is 9.36 Å². The number of hydrogen-bond acceptors (Lipinski definition) is 6. The van der Waals surface area contributed by atoms with Gasteiger partial charge in [0, 0.05) is 38.3 Å². The smallest absolute Gasteiger partial charge is 0.338 e. The van der Waals surface area contributed by atoms with Crippen molar-refractivity contribution >= 4 is 45.9 Å². The third kappa shape index (κ3) is 5.58. The van der Waals surface area contributed by atoms with Crippen molar-refractivity contribution in [1.29, 1.82) is 0 Å². The molecular formula is C36H33ClFN3O4S. The van der Waals surface area contributed by atoms with E-state index in [0.717, 1.165) is 28.6 Å². The highest BCUT2D eigenvalue weighted by Gasteiger charge is 2.36. The Morgan fingerprint density at radius 2 is 1.87 bits per heavy atom. The number of nitrogens with zero attached hydrogens (tertiary/aromatic N) is 3. The Kier molecular flexibility index (Phi) is 8.97. The standard InChI is InChI=1S/C36H33ClFN3O4S/c1-5-11-28-32(35(43)45-6-2)33(26-18-23(37)16-17-30(26)44-4)41-34(42)31(46-36(41)39-28)19-25-21(3)40(29-15-10-8-13-24(25)29)20-22-12-7-9-14-27(22)38/h7-10,12-19,33H,5-6,11,20H2,1-4H3/b31-19+/t33-/m0/s1. The van der Waals surface area contributed by atoms with Crippen LogP contribution in [-0.2, 0) is 16.1 Å². The first-order valence-electron chi connectivity index (χ1n) is 15.1. The van der Waals surface area contributed by atoms with Crippen LogP contribution in [0.5, 0.6) is 5.75 Å². The molecule has 0 saturated heterocycles. The number of para-hydroxylation sites is 1. The molecule has 0 spiro atoms. The maximum Gasteiger partial charge on any atom is 0.338 e. The van der Waals surface area contributed by atoms with Gasteiger partial charge in [0.1, 0.15) is 17.6 Å². The summed E-state index contributed by atoms with van der Waals surface area (Å²) in [7, 11) is 1.54. The number of allylic oxidation sites excluding steroid dienone is 1. The lowest BCUT2D eigenvalue weighted by Crippen LogP contribution is -2.40. The minimum Gasteiger partial charge on any atom is -0.496 e. The summed E-state index contributed by atoms with van der Waals surface area (Å²) >= 11 is 7.73. The number of methoxy groups -OCH3 is 1. The fraction of sp³-hybridized carbons (Fsp3) is 0.250. The van der Waals surface area contributed by atoms with Gasteiger partial charge in [0.25, 0.3) is 5.56 Å². The second-order valence-corrected chi connectivity index (χ2v) is 12.4. The third-order valence-corrected chi connectivity index (χ3v) is 9.44. The van der Waals surface area contributed by atoms with Crippen molar-refractivity contribution in [1.82, 2.24) is 9.13 Å². The molecule has 46 heavy (non-hydrogen) atoms. The van der Waals surface area contributed by atoms with Gasteiger partial charge in [0.05, 0.1) is 36.1 Å². The van der Waals surface area contributed by atoms with Crippen molar-refractivity contribution in [2.24, 2.45) is 4.99 Å². The third-order valence-electron chi connectivity index (χ3n) is 8.22. The van der Waals surface area contributed by atoms with Gasteiger partial charge in [-0.05, 0) is 56.7 Å². The maximum absolute atomic E-state index is 14.7. The molecule has 1 aliphatic heterocycles.